The summed E-state index contributed by atoms with van der Waals surface area (Å²) in [5, 5.41) is -5.71. The fraction of sp³-hybridized carbons (Fsp3) is 0.727. The average Bonchev–Trinajstić information content (AvgIpc) is 2.42. The van der Waals surface area contributed by atoms with Gasteiger partial charge in [0.2, 0.25) is 0 Å². The SMILES string of the molecule is C=C(COCCCC(F)(F)C(F)(F)S(=O)(=O)[O-])C(=O)OCOC. The normalized spacial score (nSPS) is 13.0. The summed E-state index contributed by atoms with van der Waals surface area (Å²) < 4.78 is 95.8. The minimum atomic E-state index is -6.50. The van der Waals surface area contributed by atoms with E-state index < -0.39 is 53.3 Å². The highest BCUT2D eigenvalue weighted by molar-refractivity contribution is 7.86. The lowest BCUT2D eigenvalue weighted by molar-refractivity contribution is -0.166. The van der Waals surface area contributed by atoms with Gasteiger partial charge in [0.1, 0.15) is 0 Å². The highest BCUT2D eigenvalue weighted by Crippen LogP contribution is 2.41. The Balaban J connectivity index is 4.22. The monoisotopic (exact) mass is 367 g/mol. The zero-order valence-corrected chi connectivity index (χ0v) is 12.8. The van der Waals surface area contributed by atoms with Crippen LogP contribution in [-0.4, -0.2) is 57.2 Å². The van der Waals surface area contributed by atoms with Crippen LogP contribution in [-0.2, 0) is 29.1 Å². The molecule has 0 unspecified atom stereocenters. The Morgan fingerprint density at radius 2 is 1.83 bits per heavy atom. The molecule has 0 aliphatic heterocycles. The van der Waals surface area contributed by atoms with Crippen LogP contribution in [0.5, 0.6) is 0 Å². The molecule has 0 amide bonds. The van der Waals surface area contributed by atoms with Crippen LogP contribution in [0.15, 0.2) is 12.2 Å². The first-order valence-electron chi connectivity index (χ1n) is 5.99. The van der Waals surface area contributed by atoms with Crippen molar-refractivity contribution >= 4 is 16.1 Å². The molecule has 0 N–H and O–H groups in total. The molecule has 0 spiro atoms. The summed E-state index contributed by atoms with van der Waals surface area (Å²) in [6.07, 6.45) is -2.28. The lowest BCUT2D eigenvalue weighted by Crippen LogP contribution is -2.46. The van der Waals surface area contributed by atoms with Crippen LogP contribution in [0.4, 0.5) is 17.6 Å². The summed E-state index contributed by atoms with van der Waals surface area (Å²) in [7, 11) is -5.23. The summed E-state index contributed by atoms with van der Waals surface area (Å²) in [6, 6.07) is 0. The summed E-state index contributed by atoms with van der Waals surface area (Å²) in [5.41, 5.74) is -0.165. The Bertz CT molecular complexity index is 518. The highest BCUT2D eigenvalue weighted by Gasteiger charge is 2.60. The number of carbonyl (C=O) groups is 1. The van der Waals surface area contributed by atoms with E-state index in [0.29, 0.717) is 0 Å². The van der Waals surface area contributed by atoms with Crippen molar-refractivity contribution in [3.63, 3.8) is 0 Å². The smallest absolute Gasteiger partial charge is 0.396 e. The van der Waals surface area contributed by atoms with Crippen LogP contribution in [0, 0.1) is 0 Å². The first kappa shape index (κ1) is 21.8. The maximum absolute atomic E-state index is 13.1. The molecule has 12 heteroatoms. The van der Waals surface area contributed by atoms with Gasteiger partial charge in [0.25, 0.3) is 0 Å². The molecule has 0 aliphatic carbocycles. The molecule has 0 bridgehead atoms. The fourth-order valence-corrected chi connectivity index (χ4v) is 1.66. The van der Waals surface area contributed by atoms with Crippen molar-refractivity contribution in [3.05, 3.63) is 12.2 Å². The van der Waals surface area contributed by atoms with E-state index in [2.05, 4.69) is 16.1 Å². The van der Waals surface area contributed by atoms with Crippen LogP contribution in [0.2, 0.25) is 0 Å². The van der Waals surface area contributed by atoms with Gasteiger partial charge in [-0.05, 0) is 6.42 Å². The van der Waals surface area contributed by atoms with Crippen LogP contribution >= 0.6 is 0 Å². The predicted octanol–water partition coefficient (Wildman–Crippen LogP) is 1.26. The van der Waals surface area contributed by atoms with E-state index in [1.807, 2.05) is 0 Å². The number of hydrogen-bond donors (Lipinski definition) is 0. The molecule has 0 aromatic carbocycles. The standard InChI is InChI=1S/C11H16F4O7S/c1-8(9(16)22-7-20-2)6-21-5-3-4-10(12,13)11(14,15)23(17,18)19/h1,3-7H2,2H3,(H,17,18,19)/p-1. The van der Waals surface area contributed by atoms with Crippen molar-refractivity contribution < 1.29 is 49.5 Å². The lowest BCUT2D eigenvalue weighted by atomic mass is 10.2. The number of hydrogen-bond acceptors (Lipinski definition) is 7. The Hall–Kier alpha value is -1.24. The van der Waals surface area contributed by atoms with Crippen molar-refractivity contribution in [1.29, 1.82) is 0 Å². The van der Waals surface area contributed by atoms with Crippen molar-refractivity contribution in [2.24, 2.45) is 0 Å². The van der Waals surface area contributed by atoms with Gasteiger partial charge < -0.3 is 18.8 Å². The second-order valence-electron chi connectivity index (χ2n) is 4.27. The second kappa shape index (κ2) is 8.57. The van der Waals surface area contributed by atoms with Crippen LogP contribution in [0.25, 0.3) is 0 Å². The number of ether oxygens (including phenoxy) is 3. The quantitative estimate of drug-likeness (QED) is 0.135. The van der Waals surface area contributed by atoms with Gasteiger partial charge in [-0.25, -0.2) is 13.2 Å². The maximum Gasteiger partial charge on any atom is 0.396 e. The second-order valence-corrected chi connectivity index (χ2v) is 5.69. The Labute approximate surface area is 129 Å². The molecule has 0 saturated carbocycles. The van der Waals surface area contributed by atoms with Gasteiger partial charge in [0.05, 0.1) is 12.2 Å². The molecule has 0 rings (SSSR count). The van der Waals surface area contributed by atoms with Crippen molar-refractivity contribution in [2.45, 2.75) is 24.0 Å². The molecular formula is C11H15F4O7S-. The number of alkyl halides is 4. The average molecular weight is 367 g/mol. The van der Waals surface area contributed by atoms with Gasteiger partial charge in [-0.2, -0.15) is 17.6 Å². The molecule has 0 saturated heterocycles. The maximum atomic E-state index is 13.1. The molecule has 7 nitrogen and oxygen atoms in total. The molecule has 136 valence electrons. The van der Waals surface area contributed by atoms with E-state index in [1.54, 1.807) is 0 Å². The summed E-state index contributed by atoms with van der Waals surface area (Å²) in [4.78, 5) is 11.2. The van der Waals surface area contributed by atoms with Gasteiger partial charge in [-0.3, -0.25) is 0 Å². The van der Waals surface area contributed by atoms with E-state index in [4.69, 9.17) is 4.74 Å². The fourth-order valence-electron chi connectivity index (χ4n) is 1.19. The summed E-state index contributed by atoms with van der Waals surface area (Å²) in [5.74, 6) is -5.90. The summed E-state index contributed by atoms with van der Waals surface area (Å²) in [6.45, 7) is 2.04. The Morgan fingerprint density at radius 3 is 2.30 bits per heavy atom. The molecule has 23 heavy (non-hydrogen) atoms. The largest absolute Gasteiger partial charge is 0.743 e. The number of rotatable bonds is 11. The Kier molecular flexibility index (Phi) is 8.11. The molecule has 0 aromatic heterocycles. The molecule has 0 aliphatic rings. The van der Waals surface area contributed by atoms with Gasteiger partial charge >= 0.3 is 17.1 Å². The van der Waals surface area contributed by atoms with Crippen LogP contribution in [0.1, 0.15) is 12.8 Å². The van der Waals surface area contributed by atoms with Crippen LogP contribution < -0.4 is 0 Å². The third-order valence-corrected chi connectivity index (χ3v) is 3.32. The van der Waals surface area contributed by atoms with E-state index in [9.17, 15) is 35.3 Å². The van der Waals surface area contributed by atoms with Crippen LogP contribution in [0.3, 0.4) is 0 Å². The lowest BCUT2D eigenvalue weighted by Gasteiger charge is -2.28. The number of esters is 1. The third-order valence-electron chi connectivity index (χ3n) is 2.39. The molecule has 0 atom stereocenters. The topological polar surface area (TPSA) is 102 Å². The van der Waals surface area contributed by atoms with Gasteiger partial charge in [0, 0.05) is 20.1 Å². The third kappa shape index (κ3) is 6.41. The van der Waals surface area contributed by atoms with Crippen molar-refractivity contribution in [1.82, 2.24) is 0 Å². The Morgan fingerprint density at radius 1 is 1.26 bits per heavy atom. The minimum absolute atomic E-state index is 0.165. The van der Waals surface area contributed by atoms with Gasteiger partial charge in [0.15, 0.2) is 16.9 Å². The highest BCUT2D eigenvalue weighted by atomic mass is 32.2. The number of carbonyl (C=O) groups excluding carboxylic acids is 1. The zero-order chi connectivity index (χ0) is 18.3. The van der Waals surface area contributed by atoms with Crippen molar-refractivity contribution in [2.75, 3.05) is 27.1 Å². The molecular weight excluding hydrogens is 352 g/mol. The molecule has 0 heterocycles. The van der Waals surface area contributed by atoms with Gasteiger partial charge in [-0.1, -0.05) is 6.58 Å². The first-order valence-corrected chi connectivity index (χ1v) is 7.40. The van der Waals surface area contributed by atoms with E-state index in [-0.39, 0.29) is 12.4 Å². The van der Waals surface area contributed by atoms with Gasteiger partial charge in [-0.15, -0.1) is 0 Å². The predicted molar refractivity (Wildman–Crippen MR) is 66.8 cm³/mol. The summed E-state index contributed by atoms with van der Waals surface area (Å²) >= 11 is 0. The molecule has 0 fully saturated rings. The van der Waals surface area contributed by atoms with E-state index >= 15 is 0 Å². The van der Waals surface area contributed by atoms with E-state index in [1.165, 1.54) is 7.11 Å². The molecule has 0 aromatic rings. The molecule has 0 radical (unpaired) electrons. The van der Waals surface area contributed by atoms with Crippen molar-refractivity contribution in [3.8, 4) is 0 Å². The van der Waals surface area contributed by atoms with E-state index in [0.717, 1.165) is 0 Å². The first-order chi connectivity index (χ1) is 10.4. The minimum Gasteiger partial charge on any atom is -0.743 e. The number of methoxy groups -OCH3 is 1. The zero-order valence-electron chi connectivity index (χ0n) is 12.0. The number of halogens is 4.